The summed E-state index contributed by atoms with van der Waals surface area (Å²) in [6.07, 6.45) is 12.6. The molecule has 44 heavy (non-hydrogen) atoms. The van der Waals surface area contributed by atoms with E-state index in [1.807, 2.05) is 18.2 Å². The van der Waals surface area contributed by atoms with Gasteiger partial charge in [-0.1, -0.05) is 66.2 Å². The number of benzene rings is 1. The summed E-state index contributed by atoms with van der Waals surface area (Å²) in [6.45, 7) is 10.9. The molecule has 0 amide bonds. The quantitative estimate of drug-likeness (QED) is 0.0984. The van der Waals surface area contributed by atoms with Crippen LogP contribution in [-0.4, -0.2) is 52.9 Å². The van der Waals surface area contributed by atoms with E-state index in [1.165, 1.54) is 30.7 Å². The number of ketones is 1. The third-order valence-corrected chi connectivity index (χ3v) is 9.27. The number of nitrogens with zero attached hydrogens (tertiary/aromatic N) is 5. The Morgan fingerprint density at radius 2 is 1.59 bits per heavy atom. The molecule has 3 aromatic heterocycles. The molecule has 0 unspecified atom stereocenters. The van der Waals surface area contributed by atoms with Gasteiger partial charge in [0.2, 0.25) is 0 Å². The molecule has 0 spiro atoms. The Labute approximate surface area is 266 Å². The van der Waals surface area contributed by atoms with Crippen molar-refractivity contribution < 1.29 is 14.3 Å². The lowest BCUT2D eigenvalue weighted by atomic mass is 9.90. The van der Waals surface area contributed by atoms with Crippen LogP contribution in [0.1, 0.15) is 107 Å². The van der Waals surface area contributed by atoms with Gasteiger partial charge in [0.1, 0.15) is 17.2 Å². The van der Waals surface area contributed by atoms with Crippen molar-refractivity contribution in [3.05, 3.63) is 46.1 Å². The van der Waals surface area contributed by atoms with Gasteiger partial charge < -0.3 is 14.4 Å². The first-order valence-corrected chi connectivity index (χ1v) is 17.2. The number of unbranched alkanes of at least 4 members (excludes halogenated alkanes) is 4. The molecular weight excluding hydrogens is 570 g/mol. The van der Waals surface area contributed by atoms with Gasteiger partial charge in [-0.05, 0) is 62.1 Å². The van der Waals surface area contributed by atoms with Gasteiger partial charge in [-0.15, -0.1) is 21.5 Å². The summed E-state index contributed by atoms with van der Waals surface area (Å²) in [5, 5.41) is 16.1. The zero-order valence-corrected chi connectivity index (χ0v) is 28.2. The highest BCUT2D eigenvalue weighted by molar-refractivity contribution is 7.16. The van der Waals surface area contributed by atoms with E-state index in [0.717, 1.165) is 61.7 Å². The van der Waals surface area contributed by atoms with Crippen molar-refractivity contribution in [3.63, 3.8) is 0 Å². The summed E-state index contributed by atoms with van der Waals surface area (Å²) in [5.74, 6) is 1.85. The van der Waals surface area contributed by atoms with E-state index in [4.69, 9.17) is 14.6 Å². The number of thiophene rings is 1. The Morgan fingerprint density at radius 3 is 2.20 bits per heavy atom. The van der Waals surface area contributed by atoms with E-state index in [-0.39, 0.29) is 11.7 Å². The van der Waals surface area contributed by atoms with Crippen LogP contribution in [0.4, 0.5) is 5.00 Å². The molecule has 3 heterocycles. The maximum Gasteiger partial charge on any atom is 0.189 e. The van der Waals surface area contributed by atoms with Crippen molar-refractivity contribution in [2.75, 3.05) is 32.2 Å². The topological polar surface area (TPSA) is 81.9 Å². The van der Waals surface area contributed by atoms with Gasteiger partial charge in [-0.2, -0.15) is 9.61 Å². The maximum absolute atomic E-state index is 14.3. The van der Waals surface area contributed by atoms with Crippen LogP contribution in [0.2, 0.25) is 0 Å². The molecule has 0 atom stereocenters. The number of hydrogen-bond acceptors (Lipinski definition) is 8. The number of Topliss-reactive ketones (excluding diaryl/α,β-unsaturated/α-hetero) is 1. The number of ether oxygens (including phenoxy) is 2. The first-order valence-electron chi connectivity index (χ1n) is 16.4. The molecule has 1 aromatic carbocycles. The minimum absolute atomic E-state index is 0.0677. The van der Waals surface area contributed by atoms with Crippen LogP contribution in [-0.2, 0) is 0 Å². The average Bonchev–Trinajstić information content (AvgIpc) is 3.77. The van der Waals surface area contributed by atoms with Gasteiger partial charge in [0.15, 0.2) is 17.3 Å². The van der Waals surface area contributed by atoms with Crippen LogP contribution < -0.4 is 19.6 Å². The number of carbonyl (C=O) groups excluding carboxylic acids is 1. The van der Waals surface area contributed by atoms with Gasteiger partial charge in [-0.3, -0.25) is 4.79 Å². The molecule has 0 aliphatic rings. The first kappa shape index (κ1) is 33.4. The molecule has 9 heteroatoms. The Bertz CT molecular complexity index is 1530. The number of carbonyl (C=O) groups is 1. The molecule has 0 saturated carbocycles. The summed E-state index contributed by atoms with van der Waals surface area (Å²) in [7, 11) is 3.25. The van der Waals surface area contributed by atoms with Crippen LogP contribution in [0, 0.1) is 5.92 Å². The number of fused-ring (bicyclic) bond motifs is 1. The third kappa shape index (κ3) is 7.78. The number of methoxy groups -OCH3 is 2. The third-order valence-electron chi connectivity index (χ3n) is 8.17. The molecule has 4 rings (SSSR count). The number of hydrogen-bond donors (Lipinski definition) is 0. The fraction of sp³-hybridized carbons (Fsp3) is 0.543. The zero-order valence-electron chi connectivity index (χ0n) is 27.4. The van der Waals surface area contributed by atoms with E-state index in [9.17, 15) is 4.79 Å². The Balaban J connectivity index is 1.87. The lowest BCUT2D eigenvalue weighted by Crippen LogP contribution is -2.24. The SMILES string of the molecule is CCCCC(CCCC)C(=O)c1nn2c(-c3cc(OC)ccc3OC)nnc2/c1=C\c1ccc(N(CCCC)CCCC)s1. The fourth-order valence-electron chi connectivity index (χ4n) is 5.54. The van der Waals surface area contributed by atoms with Gasteiger partial charge in [0, 0.05) is 23.9 Å². The van der Waals surface area contributed by atoms with E-state index in [1.54, 1.807) is 30.1 Å². The molecule has 0 saturated heterocycles. The van der Waals surface area contributed by atoms with Crippen LogP contribution in [0.15, 0.2) is 30.3 Å². The Morgan fingerprint density at radius 1 is 0.909 bits per heavy atom. The smallest absolute Gasteiger partial charge is 0.189 e. The molecule has 0 aliphatic carbocycles. The van der Waals surface area contributed by atoms with Crippen LogP contribution in [0.3, 0.4) is 0 Å². The van der Waals surface area contributed by atoms with E-state index >= 15 is 0 Å². The molecule has 0 radical (unpaired) electrons. The monoisotopic (exact) mass is 619 g/mol. The summed E-state index contributed by atoms with van der Waals surface area (Å²) >= 11 is 1.76. The second-order valence-corrected chi connectivity index (χ2v) is 12.5. The molecule has 0 N–H and O–H groups in total. The van der Waals surface area contributed by atoms with E-state index < -0.39 is 0 Å². The molecular formula is C35H49N5O3S. The largest absolute Gasteiger partial charge is 0.497 e. The van der Waals surface area contributed by atoms with Crippen LogP contribution in [0.25, 0.3) is 23.1 Å². The predicted octanol–water partition coefficient (Wildman–Crippen LogP) is 8.00. The van der Waals surface area contributed by atoms with E-state index in [0.29, 0.717) is 34.2 Å². The fourth-order valence-corrected chi connectivity index (χ4v) is 6.54. The van der Waals surface area contributed by atoms with Crippen molar-refractivity contribution in [1.29, 1.82) is 0 Å². The zero-order chi connectivity index (χ0) is 31.5. The van der Waals surface area contributed by atoms with Crippen molar-refractivity contribution in [2.45, 2.75) is 91.9 Å². The van der Waals surface area contributed by atoms with Crippen molar-refractivity contribution in [3.8, 4) is 22.9 Å². The van der Waals surface area contributed by atoms with E-state index in [2.05, 4.69) is 61.0 Å². The molecule has 8 nitrogen and oxygen atoms in total. The summed E-state index contributed by atoms with van der Waals surface area (Å²) in [6, 6.07) is 9.92. The van der Waals surface area contributed by atoms with Gasteiger partial charge >= 0.3 is 0 Å². The van der Waals surface area contributed by atoms with Gasteiger partial charge in [0.05, 0.1) is 30.0 Å². The van der Waals surface area contributed by atoms with Crippen molar-refractivity contribution in [1.82, 2.24) is 19.8 Å². The molecule has 238 valence electrons. The second kappa shape index (κ2) is 16.6. The highest BCUT2D eigenvalue weighted by Crippen LogP contribution is 2.33. The van der Waals surface area contributed by atoms with Gasteiger partial charge in [0.25, 0.3) is 0 Å². The summed E-state index contributed by atoms with van der Waals surface area (Å²) < 4.78 is 12.9. The average molecular weight is 620 g/mol. The number of rotatable bonds is 19. The molecule has 0 bridgehead atoms. The molecule has 0 aliphatic heterocycles. The molecule has 4 aromatic rings. The van der Waals surface area contributed by atoms with Crippen LogP contribution in [0.5, 0.6) is 11.5 Å². The minimum Gasteiger partial charge on any atom is -0.497 e. The Kier molecular flexibility index (Phi) is 12.6. The number of anilines is 1. The molecule has 0 fully saturated rings. The first-order chi connectivity index (χ1) is 21.5. The van der Waals surface area contributed by atoms with Crippen molar-refractivity contribution in [2.24, 2.45) is 5.92 Å². The highest BCUT2D eigenvalue weighted by atomic mass is 32.1. The number of aromatic nitrogens is 4. The van der Waals surface area contributed by atoms with Gasteiger partial charge in [-0.25, -0.2) is 0 Å². The maximum atomic E-state index is 14.3. The highest BCUT2D eigenvalue weighted by Gasteiger charge is 2.27. The second-order valence-electron chi connectivity index (χ2n) is 11.4. The van der Waals surface area contributed by atoms with Crippen LogP contribution >= 0.6 is 11.3 Å². The normalized spacial score (nSPS) is 12.0. The lowest BCUT2D eigenvalue weighted by Gasteiger charge is -2.22. The Hall–Kier alpha value is -3.46. The summed E-state index contributed by atoms with van der Waals surface area (Å²) in [4.78, 5) is 17.8. The lowest BCUT2D eigenvalue weighted by molar-refractivity contribution is 0.0896. The summed E-state index contributed by atoms with van der Waals surface area (Å²) in [5.41, 5.74) is 1.75. The minimum atomic E-state index is -0.0677. The van der Waals surface area contributed by atoms with Crippen molar-refractivity contribution >= 4 is 33.8 Å². The standard InChI is InChI=1S/C35H49N5O3S/c1-7-11-15-25(16-12-8-2)33(41)32-29(24-27-18-20-31(44-27)39(21-13-9-3)22-14-10-4)35-37-36-34(40(35)38-32)28-23-26(42-5)17-19-30(28)43-6/h17-20,23-25H,7-16,21-22H2,1-6H3/b29-24-. The predicted molar refractivity (Wildman–Crippen MR) is 181 cm³/mol.